The molecule has 1 unspecified atom stereocenters. The lowest BCUT2D eigenvalue weighted by Gasteiger charge is -2.42. The Morgan fingerprint density at radius 3 is 1.62 bits per heavy atom. The number of hydrogen-bond donors (Lipinski definition) is 0. The van der Waals surface area contributed by atoms with Gasteiger partial charge in [0.2, 0.25) is 0 Å². The predicted octanol–water partition coefficient (Wildman–Crippen LogP) is 2.95. The van der Waals surface area contributed by atoms with Crippen LogP contribution in [0.5, 0.6) is 0 Å². The largest absolute Gasteiger partial charge is 0.512 e. The van der Waals surface area contributed by atoms with Crippen LogP contribution in [0.25, 0.3) is 0 Å². The summed E-state index contributed by atoms with van der Waals surface area (Å²) in [6, 6.07) is 0. The van der Waals surface area contributed by atoms with Crippen LogP contribution in [0.15, 0.2) is 23.8 Å². The van der Waals surface area contributed by atoms with Gasteiger partial charge in [0.1, 0.15) is 5.16 Å². The van der Waals surface area contributed by atoms with Gasteiger partial charge in [0.15, 0.2) is 0 Å². The molecule has 24 heavy (non-hydrogen) atoms. The molecule has 0 radical (unpaired) electrons. The Hall–Kier alpha value is -0.326. The van der Waals surface area contributed by atoms with E-state index in [1.54, 1.807) is 42.7 Å². The Balaban J connectivity index is 3.37. The van der Waals surface area contributed by atoms with Crippen LogP contribution >= 0.6 is 0 Å². The van der Waals surface area contributed by atoms with Crippen molar-refractivity contribution in [3.8, 4) is 0 Å². The molecule has 1 atom stereocenters. The molecule has 0 aromatic heterocycles. The van der Waals surface area contributed by atoms with Gasteiger partial charge in [0.25, 0.3) is 0 Å². The Bertz CT molecular complexity index is 409. The minimum atomic E-state index is -3.09. The van der Waals surface area contributed by atoms with Gasteiger partial charge in [0, 0.05) is 42.7 Å². The van der Waals surface area contributed by atoms with Gasteiger partial charge in [-0.25, -0.2) is 0 Å². The molecule has 0 spiro atoms. The summed E-state index contributed by atoms with van der Waals surface area (Å²) < 4.78 is 34.6. The van der Waals surface area contributed by atoms with Crippen molar-refractivity contribution < 1.29 is 26.6 Å². The fraction of sp³-hybridized carbons (Fsp3) is 0.750. The van der Waals surface area contributed by atoms with Crippen molar-refractivity contribution >= 4 is 17.6 Å². The summed E-state index contributed by atoms with van der Waals surface area (Å²) in [6.07, 6.45) is 5.08. The second kappa shape index (κ2) is 9.39. The molecule has 1 rings (SSSR count). The molecule has 0 fully saturated rings. The minimum Gasteiger partial charge on any atom is -0.376 e. The van der Waals surface area contributed by atoms with Crippen molar-refractivity contribution in [1.29, 1.82) is 0 Å². The Morgan fingerprint density at radius 1 is 0.958 bits per heavy atom. The zero-order valence-corrected chi connectivity index (χ0v) is 18.0. The highest BCUT2D eigenvalue weighted by molar-refractivity contribution is 6.83. The molecule has 0 saturated heterocycles. The normalized spacial score (nSPS) is 19.5. The van der Waals surface area contributed by atoms with Gasteiger partial charge in [-0.15, -0.1) is 0 Å². The third-order valence-electron chi connectivity index (χ3n) is 4.93. The first kappa shape index (κ1) is 21.7. The first-order valence-corrected chi connectivity index (χ1v) is 11.7. The summed E-state index contributed by atoms with van der Waals surface area (Å²) in [4.78, 5) is 0. The van der Waals surface area contributed by atoms with E-state index in [9.17, 15) is 0 Å². The molecule has 8 heteroatoms. The predicted molar refractivity (Wildman–Crippen MR) is 97.6 cm³/mol. The van der Waals surface area contributed by atoms with E-state index in [1.807, 2.05) is 0 Å². The van der Waals surface area contributed by atoms with E-state index in [4.69, 9.17) is 26.6 Å². The van der Waals surface area contributed by atoms with Crippen molar-refractivity contribution in [2.75, 3.05) is 42.7 Å². The number of allylic oxidation sites excluding steroid dienone is 3. The van der Waals surface area contributed by atoms with Crippen molar-refractivity contribution in [3.63, 3.8) is 0 Å². The van der Waals surface area contributed by atoms with E-state index in [0.717, 1.165) is 19.3 Å². The van der Waals surface area contributed by atoms with Gasteiger partial charge < -0.3 is 26.6 Å². The van der Waals surface area contributed by atoms with E-state index in [1.165, 1.54) is 11.1 Å². The van der Waals surface area contributed by atoms with Crippen molar-refractivity contribution in [3.05, 3.63) is 23.8 Å². The molecule has 0 N–H and O–H groups in total. The molecule has 0 aliphatic heterocycles. The molecule has 1 aliphatic carbocycles. The fourth-order valence-corrected chi connectivity index (χ4v) is 11.1. The van der Waals surface area contributed by atoms with Crippen LogP contribution in [-0.4, -0.2) is 60.3 Å². The first-order chi connectivity index (χ1) is 11.4. The quantitative estimate of drug-likeness (QED) is 0.432. The summed E-state index contributed by atoms with van der Waals surface area (Å²) in [7, 11) is 3.45. The lowest BCUT2D eigenvalue weighted by atomic mass is 9.86. The zero-order valence-electron chi connectivity index (χ0n) is 16.0. The van der Waals surface area contributed by atoms with Crippen molar-refractivity contribution in [2.24, 2.45) is 5.92 Å². The van der Waals surface area contributed by atoms with Crippen LogP contribution in [0.3, 0.4) is 0 Å². The highest BCUT2D eigenvalue weighted by atomic mass is 28.5. The van der Waals surface area contributed by atoms with Crippen LogP contribution < -0.4 is 0 Å². The maximum Gasteiger partial charge on any atom is 0.512 e. The van der Waals surface area contributed by atoms with E-state index < -0.39 is 17.6 Å². The molecule has 0 aromatic rings. The van der Waals surface area contributed by atoms with Crippen LogP contribution in [-0.2, 0) is 26.6 Å². The van der Waals surface area contributed by atoms with Gasteiger partial charge in [-0.05, 0) is 32.1 Å². The van der Waals surface area contributed by atoms with Gasteiger partial charge in [-0.2, -0.15) is 0 Å². The van der Waals surface area contributed by atoms with Gasteiger partial charge in [-0.1, -0.05) is 23.8 Å². The average Bonchev–Trinajstić information content (AvgIpc) is 2.63. The topological polar surface area (TPSA) is 55.4 Å². The summed E-state index contributed by atoms with van der Waals surface area (Å²) >= 11 is 0. The van der Waals surface area contributed by atoms with E-state index in [0.29, 0.717) is 5.92 Å². The SMILES string of the molecule is C=C(C)C1CC=C(C([Si](OC)(OC)OC)[Si](OC)(OC)OC)CC1. The maximum absolute atomic E-state index is 5.77. The molecule has 0 amide bonds. The van der Waals surface area contributed by atoms with E-state index in [2.05, 4.69) is 19.6 Å². The van der Waals surface area contributed by atoms with Gasteiger partial charge in [0.05, 0.1) is 0 Å². The molecular formula is C16H32O6Si2. The molecule has 0 bridgehead atoms. The minimum absolute atomic E-state index is 0.295. The van der Waals surface area contributed by atoms with Crippen molar-refractivity contribution in [2.45, 2.75) is 31.4 Å². The molecule has 0 saturated carbocycles. The van der Waals surface area contributed by atoms with Crippen LogP contribution in [0.1, 0.15) is 26.2 Å². The fourth-order valence-electron chi connectivity index (χ4n) is 3.44. The Morgan fingerprint density at radius 2 is 1.38 bits per heavy atom. The monoisotopic (exact) mass is 376 g/mol. The Kier molecular flexibility index (Phi) is 8.50. The van der Waals surface area contributed by atoms with Gasteiger partial charge in [-0.3, -0.25) is 0 Å². The molecule has 0 aromatic carbocycles. The molecule has 1 aliphatic rings. The highest BCUT2D eigenvalue weighted by Gasteiger charge is 2.65. The zero-order chi connectivity index (χ0) is 18.4. The standard InChI is InChI=1S/C16H32O6Si2/c1-13(2)14-9-11-15(12-10-14)16(23(17-3,18-4)19-5)24(20-6,21-7)22-8/h11,14,16H,1,9-10,12H2,2-8H3. The third-order valence-corrected chi connectivity index (χ3v) is 12.6. The second-order valence-electron chi connectivity index (χ2n) is 5.96. The molecular weight excluding hydrogens is 344 g/mol. The van der Waals surface area contributed by atoms with Crippen LogP contribution in [0.4, 0.5) is 0 Å². The highest BCUT2D eigenvalue weighted by Crippen LogP contribution is 2.45. The molecule has 0 heterocycles. The van der Waals surface area contributed by atoms with Crippen LogP contribution in [0, 0.1) is 5.92 Å². The van der Waals surface area contributed by atoms with Crippen molar-refractivity contribution in [1.82, 2.24) is 0 Å². The summed E-state index contributed by atoms with van der Waals surface area (Å²) in [5, 5.41) is -0.295. The summed E-state index contributed by atoms with van der Waals surface area (Å²) in [5.41, 5.74) is 2.38. The first-order valence-electron chi connectivity index (χ1n) is 8.05. The molecule has 6 nitrogen and oxygen atoms in total. The average molecular weight is 377 g/mol. The third kappa shape index (κ3) is 4.08. The second-order valence-corrected chi connectivity index (χ2v) is 12.6. The molecule has 140 valence electrons. The lowest BCUT2D eigenvalue weighted by Crippen LogP contribution is -2.62. The summed E-state index contributed by atoms with van der Waals surface area (Å²) in [5.74, 6) is 0.502. The van der Waals surface area contributed by atoms with E-state index in [-0.39, 0.29) is 5.16 Å². The van der Waals surface area contributed by atoms with Gasteiger partial charge >= 0.3 is 17.6 Å². The summed E-state index contributed by atoms with van der Waals surface area (Å²) in [6.45, 7) is 6.16. The number of hydrogen-bond acceptors (Lipinski definition) is 6. The smallest absolute Gasteiger partial charge is 0.376 e. The number of rotatable bonds is 10. The van der Waals surface area contributed by atoms with Crippen LogP contribution in [0.2, 0.25) is 5.16 Å². The van der Waals surface area contributed by atoms with E-state index >= 15 is 0 Å². The lowest BCUT2D eigenvalue weighted by molar-refractivity contribution is 0.0844. The Labute approximate surface area is 148 Å². The maximum atomic E-state index is 5.77.